The van der Waals surface area contributed by atoms with Crippen LogP contribution in [0.5, 0.6) is 0 Å². The van der Waals surface area contributed by atoms with Crippen molar-refractivity contribution in [3.05, 3.63) is 39.1 Å². The fourth-order valence-electron chi connectivity index (χ4n) is 1.66. The lowest BCUT2D eigenvalue weighted by molar-refractivity contribution is -0.385. The first-order valence-electron chi connectivity index (χ1n) is 5.82. The molecule has 3 aromatic rings. The monoisotopic (exact) mass is 353 g/mol. The van der Waals surface area contributed by atoms with Gasteiger partial charge in [0.2, 0.25) is 5.89 Å². The predicted molar refractivity (Wildman–Crippen MR) is 72.2 cm³/mol. The molecule has 0 amide bonds. The van der Waals surface area contributed by atoms with Crippen LogP contribution in [0.2, 0.25) is 0 Å². The molecule has 0 unspecified atom stereocenters. The number of rotatable bonds is 5. The Bertz CT molecular complexity index is 777. The van der Waals surface area contributed by atoms with E-state index in [1.807, 2.05) is 0 Å². The molecule has 0 saturated heterocycles. The van der Waals surface area contributed by atoms with Crippen molar-refractivity contribution >= 4 is 21.6 Å². The van der Waals surface area contributed by atoms with Crippen molar-refractivity contribution in [2.45, 2.75) is 13.0 Å². The fourth-order valence-corrected chi connectivity index (χ4v) is 2.02. The highest BCUT2D eigenvalue weighted by atomic mass is 79.9. The third-order valence-corrected chi connectivity index (χ3v) is 3.26. The van der Waals surface area contributed by atoms with Crippen molar-refractivity contribution in [2.75, 3.05) is 0 Å². The Morgan fingerprint density at radius 2 is 2.29 bits per heavy atom. The molecule has 108 valence electrons. The SMILES string of the molecule is O=[N+]([O-])c1cnn(CCc2nnc(-c3[nH]ncc3Br)o2)c1. The Morgan fingerprint density at radius 1 is 1.43 bits per heavy atom. The van der Waals surface area contributed by atoms with Gasteiger partial charge in [0.05, 0.1) is 15.6 Å². The van der Waals surface area contributed by atoms with Crippen molar-refractivity contribution in [1.29, 1.82) is 0 Å². The van der Waals surface area contributed by atoms with Crippen molar-refractivity contribution in [3.63, 3.8) is 0 Å². The Hall–Kier alpha value is -2.56. The smallest absolute Gasteiger partial charge is 0.306 e. The van der Waals surface area contributed by atoms with Gasteiger partial charge in [-0.3, -0.25) is 19.9 Å². The summed E-state index contributed by atoms with van der Waals surface area (Å²) in [5, 5.41) is 28.8. The third-order valence-electron chi connectivity index (χ3n) is 2.66. The number of hydrogen-bond acceptors (Lipinski definition) is 7. The standard InChI is InChI=1S/C10H8BrN7O3/c11-7-4-12-15-9(7)10-16-14-8(21-10)1-2-17-5-6(3-13-17)18(19)20/h3-5H,1-2H2,(H,12,15). The van der Waals surface area contributed by atoms with Gasteiger partial charge in [0.15, 0.2) is 0 Å². The number of nitrogens with zero attached hydrogens (tertiary/aromatic N) is 6. The van der Waals surface area contributed by atoms with Crippen LogP contribution in [0.3, 0.4) is 0 Å². The van der Waals surface area contributed by atoms with Crippen LogP contribution in [-0.4, -0.2) is 35.1 Å². The normalized spacial score (nSPS) is 10.9. The van der Waals surface area contributed by atoms with E-state index in [4.69, 9.17) is 4.42 Å². The molecular formula is C10H8BrN7O3. The van der Waals surface area contributed by atoms with Crippen LogP contribution >= 0.6 is 15.9 Å². The lowest BCUT2D eigenvalue weighted by Gasteiger charge is -1.96. The maximum Gasteiger partial charge on any atom is 0.306 e. The van der Waals surface area contributed by atoms with Gasteiger partial charge >= 0.3 is 5.69 Å². The summed E-state index contributed by atoms with van der Waals surface area (Å²) < 4.78 is 7.66. The van der Waals surface area contributed by atoms with Gasteiger partial charge in [0, 0.05) is 13.0 Å². The van der Waals surface area contributed by atoms with Crippen LogP contribution < -0.4 is 0 Å². The van der Waals surface area contributed by atoms with Gasteiger partial charge in [-0.05, 0) is 15.9 Å². The molecule has 0 aromatic carbocycles. The van der Waals surface area contributed by atoms with Crippen LogP contribution in [0.4, 0.5) is 5.69 Å². The number of nitro groups is 1. The summed E-state index contributed by atoms with van der Waals surface area (Å²) in [6.07, 6.45) is 4.55. The van der Waals surface area contributed by atoms with E-state index in [2.05, 4.69) is 41.4 Å². The highest BCUT2D eigenvalue weighted by Crippen LogP contribution is 2.24. The van der Waals surface area contributed by atoms with Crippen molar-refractivity contribution in [3.8, 4) is 11.6 Å². The first-order chi connectivity index (χ1) is 10.1. The Labute approximate surface area is 125 Å². The average Bonchev–Trinajstić information content (AvgIpc) is 3.16. The van der Waals surface area contributed by atoms with E-state index >= 15 is 0 Å². The molecule has 0 saturated carbocycles. The summed E-state index contributed by atoms with van der Waals surface area (Å²) in [5.41, 5.74) is 0.547. The van der Waals surface area contributed by atoms with Gasteiger partial charge in [-0.1, -0.05) is 0 Å². The molecular weight excluding hydrogens is 346 g/mol. The molecule has 0 radical (unpaired) electrons. The van der Waals surface area contributed by atoms with Crippen molar-refractivity contribution in [1.82, 2.24) is 30.2 Å². The highest BCUT2D eigenvalue weighted by molar-refractivity contribution is 9.10. The third kappa shape index (κ3) is 2.81. The van der Waals surface area contributed by atoms with Gasteiger partial charge < -0.3 is 4.42 Å². The lowest BCUT2D eigenvalue weighted by atomic mass is 10.4. The van der Waals surface area contributed by atoms with Gasteiger partial charge in [-0.15, -0.1) is 10.2 Å². The van der Waals surface area contributed by atoms with Gasteiger partial charge in [-0.2, -0.15) is 10.2 Å². The Balaban J connectivity index is 1.67. The van der Waals surface area contributed by atoms with E-state index < -0.39 is 4.92 Å². The molecule has 10 nitrogen and oxygen atoms in total. The summed E-state index contributed by atoms with van der Waals surface area (Å²) in [6, 6.07) is 0. The zero-order valence-corrected chi connectivity index (χ0v) is 12.0. The lowest BCUT2D eigenvalue weighted by Crippen LogP contribution is -2.01. The number of H-pyrrole nitrogens is 1. The van der Waals surface area contributed by atoms with Crippen LogP contribution in [0.25, 0.3) is 11.6 Å². The van der Waals surface area contributed by atoms with Crippen LogP contribution in [0, 0.1) is 10.1 Å². The second-order valence-corrected chi connectivity index (χ2v) is 4.92. The molecule has 3 rings (SSSR count). The van der Waals surface area contributed by atoms with Gasteiger partial charge in [0.1, 0.15) is 18.1 Å². The second-order valence-electron chi connectivity index (χ2n) is 4.06. The molecule has 0 aliphatic carbocycles. The zero-order chi connectivity index (χ0) is 14.8. The van der Waals surface area contributed by atoms with E-state index in [0.29, 0.717) is 30.4 Å². The molecule has 0 aliphatic rings. The maximum absolute atomic E-state index is 10.6. The van der Waals surface area contributed by atoms with E-state index in [1.165, 1.54) is 17.1 Å². The van der Waals surface area contributed by atoms with Crippen molar-refractivity contribution in [2.24, 2.45) is 0 Å². The molecule has 0 aliphatic heterocycles. The van der Waals surface area contributed by atoms with Gasteiger partial charge in [-0.25, -0.2) is 0 Å². The van der Waals surface area contributed by atoms with Crippen LogP contribution in [0.1, 0.15) is 5.89 Å². The largest absolute Gasteiger partial charge is 0.419 e. The van der Waals surface area contributed by atoms with E-state index in [0.717, 1.165) is 4.47 Å². The first kappa shape index (κ1) is 13.4. The number of aryl methyl sites for hydroxylation is 2. The molecule has 21 heavy (non-hydrogen) atoms. The van der Waals surface area contributed by atoms with E-state index in [-0.39, 0.29) is 5.69 Å². The summed E-state index contributed by atoms with van der Waals surface area (Å²) in [7, 11) is 0. The topological polar surface area (TPSA) is 129 Å². The molecule has 0 atom stereocenters. The summed E-state index contributed by atoms with van der Waals surface area (Å²) >= 11 is 3.30. The fraction of sp³-hybridized carbons (Fsp3) is 0.200. The summed E-state index contributed by atoms with van der Waals surface area (Å²) in [4.78, 5) is 10.1. The molecule has 0 fully saturated rings. The minimum Gasteiger partial charge on any atom is -0.419 e. The first-order valence-corrected chi connectivity index (χ1v) is 6.61. The maximum atomic E-state index is 10.6. The quantitative estimate of drug-likeness (QED) is 0.544. The highest BCUT2D eigenvalue weighted by Gasteiger charge is 2.14. The predicted octanol–water partition coefficient (Wildman–Crippen LogP) is 1.57. The number of nitrogens with one attached hydrogen (secondary N) is 1. The minimum atomic E-state index is -0.496. The Morgan fingerprint density at radius 3 is 2.95 bits per heavy atom. The molecule has 0 bridgehead atoms. The van der Waals surface area contributed by atoms with Crippen molar-refractivity contribution < 1.29 is 9.34 Å². The zero-order valence-electron chi connectivity index (χ0n) is 10.4. The molecule has 0 spiro atoms. The molecule has 11 heteroatoms. The van der Waals surface area contributed by atoms with Gasteiger partial charge in [0.25, 0.3) is 5.89 Å². The molecule has 1 N–H and O–H groups in total. The Kier molecular flexibility index (Phi) is 3.48. The summed E-state index contributed by atoms with van der Waals surface area (Å²) in [6.45, 7) is 0.402. The van der Waals surface area contributed by atoms with Crippen LogP contribution in [0.15, 0.2) is 27.5 Å². The van der Waals surface area contributed by atoms with E-state index in [9.17, 15) is 10.1 Å². The van der Waals surface area contributed by atoms with E-state index in [1.54, 1.807) is 6.20 Å². The minimum absolute atomic E-state index is 0.0531. The average molecular weight is 354 g/mol. The molecule has 3 heterocycles. The molecule has 3 aromatic heterocycles. The second kappa shape index (κ2) is 5.44. The number of aromatic amines is 1. The summed E-state index contributed by atoms with van der Waals surface area (Å²) in [5.74, 6) is 0.727. The number of halogens is 1. The number of aromatic nitrogens is 6. The van der Waals surface area contributed by atoms with Crippen LogP contribution in [-0.2, 0) is 13.0 Å². The number of hydrogen-bond donors (Lipinski definition) is 1.